The summed E-state index contributed by atoms with van der Waals surface area (Å²) in [6.45, 7) is 5.36. The predicted molar refractivity (Wildman–Crippen MR) is 122 cm³/mol. The monoisotopic (exact) mass is 450 g/mol. The summed E-state index contributed by atoms with van der Waals surface area (Å²) in [6.07, 6.45) is 1.46. The third-order valence-electron chi connectivity index (χ3n) is 5.25. The van der Waals surface area contributed by atoms with Crippen LogP contribution in [0, 0.1) is 13.8 Å². The van der Waals surface area contributed by atoms with Gasteiger partial charge in [0.1, 0.15) is 12.4 Å². The first-order valence-electron chi connectivity index (χ1n) is 10.2. The summed E-state index contributed by atoms with van der Waals surface area (Å²) < 4.78 is 5.62. The lowest BCUT2D eigenvalue weighted by Crippen LogP contribution is -2.34. The maximum absolute atomic E-state index is 12.5. The smallest absolute Gasteiger partial charge is 0.261 e. The van der Waals surface area contributed by atoms with Crippen LogP contribution in [0.3, 0.4) is 0 Å². The molecule has 3 amide bonds. The zero-order chi connectivity index (χ0) is 24.1. The molecule has 0 atom stereocenters. The molecule has 6 N–H and O–H groups in total. The second-order valence-corrected chi connectivity index (χ2v) is 7.44. The number of ether oxygens (including phenoxy) is 1. The summed E-state index contributed by atoms with van der Waals surface area (Å²) >= 11 is 0. The van der Waals surface area contributed by atoms with Crippen molar-refractivity contribution < 1.29 is 19.1 Å². The number of hydrazine groups is 1. The van der Waals surface area contributed by atoms with E-state index in [1.807, 2.05) is 19.9 Å². The second-order valence-electron chi connectivity index (χ2n) is 7.44. The number of aromatic nitrogens is 1. The highest BCUT2D eigenvalue weighted by atomic mass is 16.5. The summed E-state index contributed by atoms with van der Waals surface area (Å²) in [5.74, 6) is 4.79. The van der Waals surface area contributed by atoms with Crippen molar-refractivity contribution in [1.82, 2.24) is 15.3 Å². The third kappa shape index (κ3) is 5.18. The molecule has 10 nitrogen and oxygen atoms in total. The van der Waals surface area contributed by atoms with Crippen molar-refractivity contribution in [2.45, 2.75) is 20.8 Å². The molecule has 1 aliphatic heterocycles. The topological polar surface area (TPSA) is 153 Å². The number of nitrogens with two attached hydrogens (primary N) is 2. The molecule has 33 heavy (non-hydrogen) atoms. The van der Waals surface area contributed by atoms with E-state index in [2.05, 4.69) is 15.7 Å². The first-order valence-corrected chi connectivity index (χ1v) is 10.2. The summed E-state index contributed by atoms with van der Waals surface area (Å²) in [5.41, 5.74) is 11.0. The van der Waals surface area contributed by atoms with Gasteiger partial charge >= 0.3 is 0 Å². The molecule has 3 rings (SSSR count). The number of aryl methyl sites for hydroxylation is 2. The van der Waals surface area contributed by atoms with Crippen molar-refractivity contribution in [3.8, 4) is 0 Å². The minimum Gasteiger partial charge on any atom is -0.476 e. The largest absolute Gasteiger partial charge is 0.476 e. The Morgan fingerprint density at radius 2 is 1.76 bits per heavy atom. The average Bonchev–Trinajstić information content (AvgIpc) is 3.04. The lowest BCUT2D eigenvalue weighted by molar-refractivity contribution is -0.114. The normalized spacial score (nSPS) is 14.1. The van der Waals surface area contributed by atoms with Crippen LogP contribution in [0.1, 0.15) is 38.9 Å². The SMILES string of the molecule is C/C(C(N)=O)=C(\C=C(/NN)OCCN1C(=O)c2ccccc2C1=O)Nc1ccc(C)c(C)n1. The Morgan fingerprint density at radius 3 is 2.30 bits per heavy atom. The van der Waals surface area contributed by atoms with Crippen LogP contribution >= 0.6 is 0 Å². The number of carbonyl (C=O) groups is 3. The van der Waals surface area contributed by atoms with Gasteiger partial charge in [0, 0.05) is 17.3 Å². The van der Waals surface area contributed by atoms with E-state index in [0.717, 1.165) is 16.2 Å². The van der Waals surface area contributed by atoms with Gasteiger partial charge < -0.3 is 15.8 Å². The van der Waals surface area contributed by atoms with Crippen LogP contribution < -0.4 is 22.3 Å². The van der Waals surface area contributed by atoms with Gasteiger partial charge in [-0.3, -0.25) is 24.7 Å². The van der Waals surface area contributed by atoms with Gasteiger partial charge in [0.2, 0.25) is 11.8 Å². The lowest BCUT2D eigenvalue weighted by Gasteiger charge is -2.17. The van der Waals surface area contributed by atoms with E-state index in [1.165, 1.54) is 6.08 Å². The second kappa shape index (κ2) is 9.96. The number of pyridine rings is 1. The number of hydrogen-bond donors (Lipinski definition) is 4. The molecule has 10 heteroatoms. The number of nitrogens with one attached hydrogen (secondary N) is 2. The van der Waals surface area contributed by atoms with Gasteiger partial charge in [0.15, 0.2) is 0 Å². The number of rotatable bonds is 9. The van der Waals surface area contributed by atoms with Gasteiger partial charge in [-0.1, -0.05) is 18.2 Å². The maximum atomic E-state index is 12.5. The van der Waals surface area contributed by atoms with Crippen LogP contribution in [-0.2, 0) is 9.53 Å². The number of primary amides is 1. The van der Waals surface area contributed by atoms with Crippen molar-refractivity contribution in [3.63, 3.8) is 0 Å². The molecule has 1 aromatic heterocycles. The zero-order valence-corrected chi connectivity index (χ0v) is 18.6. The van der Waals surface area contributed by atoms with Crippen molar-refractivity contribution >= 4 is 23.5 Å². The van der Waals surface area contributed by atoms with E-state index >= 15 is 0 Å². The molecule has 0 spiro atoms. The summed E-state index contributed by atoms with van der Waals surface area (Å²) in [7, 11) is 0. The van der Waals surface area contributed by atoms with E-state index in [4.69, 9.17) is 16.3 Å². The number of benzene rings is 1. The maximum Gasteiger partial charge on any atom is 0.261 e. The number of hydrogen-bond acceptors (Lipinski definition) is 8. The molecule has 1 aliphatic rings. The number of imide groups is 1. The lowest BCUT2D eigenvalue weighted by atomic mass is 10.1. The van der Waals surface area contributed by atoms with Gasteiger partial charge in [0.25, 0.3) is 11.8 Å². The standard InChI is InChI=1S/C23H26N6O4/c1-13-8-9-19(26-15(13)3)27-18(14(2)21(24)30)12-20(28-25)33-11-10-29-22(31)16-6-4-5-7-17(16)23(29)32/h4-9,12,28H,10-11,25H2,1-3H3,(H2,24,30)(H,26,27)/b18-14-,20-12+. The molecule has 0 bridgehead atoms. The van der Waals surface area contributed by atoms with E-state index < -0.39 is 5.91 Å². The van der Waals surface area contributed by atoms with Crippen LogP contribution in [0.2, 0.25) is 0 Å². The van der Waals surface area contributed by atoms with Crippen molar-refractivity contribution in [2.24, 2.45) is 11.6 Å². The van der Waals surface area contributed by atoms with Crippen LogP contribution in [0.25, 0.3) is 0 Å². The van der Waals surface area contributed by atoms with Gasteiger partial charge in [-0.25, -0.2) is 10.8 Å². The van der Waals surface area contributed by atoms with Crippen LogP contribution in [-0.4, -0.2) is 40.8 Å². The Bertz CT molecular complexity index is 1140. The molecule has 0 saturated heterocycles. The highest BCUT2D eigenvalue weighted by molar-refractivity contribution is 6.21. The first-order chi connectivity index (χ1) is 15.7. The molecule has 172 valence electrons. The molecule has 1 aromatic carbocycles. The minimum absolute atomic E-state index is 0.0192. The minimum atomic E-state index is -0.639. The Hall–Kier alpha value is -4.18. The highest BCUT2D eigenvalue weighted by Crippen LogP contribution is 2.22. The molecule has 0 radical (unpaired) electrons. The van der Waals surface area contributed by atoms with E-state index in [1.54, 1.807) is 37.3 Å². The molecule has 2 heterocycles. The zero-order valence-electron chi connectivity index (χ0n) is 18.6. The Labute approximate surface area is 191 Å². The van der Waals surface area contributed by atoms with Crippen LogP contribution in [0.5, 0.6) is 0 Å². The molecule has 0 aliphatic carbocycles. The van der Waals surface area contributed by atoms with E-state index in [0.29, 0.717) is 22.6 Å². The van der Waals surface area contributed by atoms with Gasteiger partial charge in [0.05, 0.1) is 23.4 Å². The Kier molecular flexibility index (Phi) is 7.09. The molecule has 0 fully saturated rings. The molecule has 2 aromatic rings. The van der Waals surface area contributed by atoms with Crippen molar-refractivity contribution in [3.05, 3.63) is 82.0 Å². The molecular formula is C23H26N6O4. The number of nitrogens with zero attached hydrogens (tertiary/aromatic N) is 2. The molecular weight excluding hydrogens is 424 g/mol. The fraction of sp³-hybridized carbons (Fsp3) is 0.217. The van der Waals surface area contributed by atoms with Crippen LogP contribution in [0.15, 0.2) is 59.6 Å². The fourth-order valence-electron chi connectivity index (χ4n) is 3.15. The molecule has 0 unspecified atom stereocenters. The van der Waals surface area contributed by atoms with Crippen LogP contribution in [0.4, 0.5) is 5.82 Å². The summed E-state index contributed by atoms with van der Waals surface area (Å²) in [5, 5.41) is 3.05. The number of carbonyl (C=O) groups excluding carboxylic acids is 3. The average molecular weight is 450 g/mol. The quantitative estimate of drug-likeness (QED) is 0.112. The first kappa shape index (κ1) is 23.5. The van der Waals surface area contributed by atoms with Gasteiger partial charge in [-0.2, -0.15) is 0 Å². The van der Waals surface area contributed by atoms with E-state index in [-0.39, 0.29) is 36.4 Å². The number of anilines is 1. The number of fused-ring (bicyclic) bond motifs is 1. The van der Waals surface area contributed by atoms with E-state index in [9.17, 15) is 14.4 Å². The predicted octanol–water partition coefficient (Wildman–Crippen LogP) is 1.49. The Morgan fingerprint density at radius 1 is 1.12 bits per heavy atom. The fourth-order valence-corrected chi connectivity index (χ4v) is 3.15. The molecule has 0 saturated carbocycles. The summed E-state index contributed by atoms with van der Waals surface area (Å²) in [4.78, 5) is 42.3. The van der Waals surface area contributed by atoms with Gasteiger partial charge in [-0.15, -0.1) is 0 Å². The Balaban J connectivity index is 1.73. The van der Waals surface area contributed by atoms with Crippen molar-refractivity contribution in [2.75, 3.05) is 18.5 Å². The number of amides is 3. The third-order valence-corrected chi connectivity index (χ3v) is 5.25. The van der Waals surface area contributed by atoms with Crippen molar-refractivity contribution in [1.29, 1.82) is 0 Å². The van der Waals surface area contributed by atoms with Gasteiger partial charge in [-0.05, 0) is 44.5 Å². The summed E-state index contributed by atoms with van der Waals surface area (Å²) in [6, 6.07) is 10.3. The highest BCUT2D eigenvalue weighted by Gasteiger charge is 2.34. The number of allylic oxidation sites excluding steroid dienone is 1.